The van der Waals surface area contributed by atoms with Crippen LogP contribution < -0.4 is 15.5 Å². The SMILES string of the molecule is CN(C(=O)c1ccc(N2CCNCC2)cc1C=O)C1CCC(=O)NC1=O. The van der Waals surface area contributed by atoms with E-state index in [0.29, 0.717) is 11.8 Å². The van der Waals surface area contributed by atoms with Crippen molar-refractivity contribution < 1.29 is 19.2 Å². The molecule has 0 saturated carbocycles. The second-order valence-corrected chi connectivity index (χ2v) is 6.51. The zero-order valence-corrected chi connectivity index (χ0v) is 14.7. The first-order valence-corrected chi connectivity index (χ1v) is 8.67. The van der Waals surface area contributed by atoms with Crippen LogP contribution in [0.4, 0.5) is 5.69 Å². The van der Waals surface area contributed by atoms with Crippen molar-refractivity contribution in [1.29, 1.82) is 0 Å². The summed E-state index contributed by atoms with van der Waals surface area (Å²) in [6.07, 6.45) is 1.13. The largest absolute Gasteiger partial charge is 0.369 e. The van der Waals surface area contributed by atoms with Crippen LogP contribution in [0.3, 0.4) is 0 Å². The van der Waals surface area contributed by atoms with E-state index >= 15 is 0 Å². The summed E-state index contributed by atoms with van der Waals surface area (Å²) in [6, 6.07) is 4.45. The number of rotatable bonds is 4. The standard InChI is InChI=1S/C18H22N4O4/c1-21(15-4-5-16(24)20-17(15)25)18(26)14-3-2-13(10-12(14)11-23)22-8-6-19-7-9-22/h2-3,10-11,15,19H,4-9H2,1H3,(H,20,24,25). The highest BCUT2D eigenvalue weighted by molar-refractivity contribution is 6.06. The lowest BCUT2D eigenvalue weighted by Gasteiger charge is -2.31. The Labute approximate surface area is 151 Å². The normalized spacial score (nSPS) is 20.5. The van der Waals surface area contributed by atoms with Crippen molar-refractivity contribution in [3.63, 3.8) is 0 Å². The van der Waals surface area contributed by atoms with E-state index in [-0.39, 0.29) is 24.3 Å². The Balaban J connectivity index is 1.81. The van der Waals surface area contributed by atoms with Gasteiger partial charge < -0.3 is 15.1 Å². The van der Waals surface area contributed by atoms with E-state index in [1.165, 1.54) is 11.9 Å². The minimum absolute atomic E-state index is 0.191. The Morgan fingerprint density at radius 1 is 1.27 bits per heavy atom. The maximum atomic E-state index is 12.8. The van der Waals surface area contributed by atoms with E-state index < -0.39 is 17.9 Å². The number of amides is 3. The molecule has 138 valence electrons. The number of benzene rings is 1. The van der Waals surface area contributed by atoms with Crippen LogP contribution in [0.2, 0.25) is 0 Å². The summed E-state index contributed by atoms with van der Waals surface area (Å²) in [5.74, 6) is -1.23. The number of nitrogens with zero attached hydrogens (tertiary/aromatic N) is 2. The van der Waals surface area contributed by atoms with E-state index in [1.807, 2.05) is 6.07 Å². The number of piperazine rings is 1. The molecule has 3 rings (SSSR count). The van der Waals surface area contributed by atoms with Gasteiger partial charge in [-0.1, -0.05) is 0 Å². The zero-order chi connectivity index (χ0) is 18.7. The fourth-order valence-corrected chi connectivity index (χ4v) is 3.35. The molecule has 1 unspecified atom stereocenters. The molecule has 1 aromatic rings. The van der Waals surface area contributed by atoms with Gasteiger partial charge in [0.05, 0.1) is 5.56 Å². The molecule has 2 fully saturated rings. The molecular weight excluding hydrogens is 336 g/mol. The third-order valence-electron chi connectivity index (χ3n) is 4.87. The van der Waals surface area contributed by atoms with Crippen LogP contribution in [0.1, 0.15) is 33.6 Å². The minimum atomic E-state index is -0.715. The monoisotopic (exact) mass is 358 g/mol. The highest BCUT2D eigenvalue weighted by Crippen LogP contribution is 2.22. The van der Waals surface area contributed by atoms with Gasteiger partial charge in [0.15, 0.2) is 6.29 Å². The number of aldehydes is 1. The van der Waals surface area contributed by atoms with Crippen molar-refractivity contribution in [3.8, 4) is 0 Å². The van der Waals surface area contributed by atoms with Gasteiger partial charge in [-0.05, 0) is 24.6 Å². The molecule has 2 aliphatic heterocycles. The Bertz CT molecular complexity index is 743. The van der Waals surface area contributed by atoms with Crippen molar-refractivity contribution in [2.45, 2.75) is 18.9 Å². The number of piperidine rings is 1. The molecule has 0 aliphatic carbocycles. The molecular formula is C18H22N4O4. The summed E-state index contributed by atoms with van der Waals surface area (Å²) in [5.41, 5.74) is 1.45. The molecule has 2 N–H and O–H groups in total. The number of hydrogen-bond acceptors (Lipinski definition) is 6. The number of hydrogen-bond donors (Lipinski definition) is 2. The minimum Gasteiger partial charge on any atom is -0.369 e. The molecule has 0 radical (unpaired) electrons. The lowest BCUT2D eigenvalue weighted by molar-refractivity contribution is -0.136. The average molecular weight is 358 g/mol. The summed E-state index contributed by atoms with van der Waals surface area (Å²) >= 11 is 0. The fraction of sp³-hybridized carbons (Fsp3) is 0.444. The summed E-state index contributed by atoms with van der Waals surface area (Å²) < 4.78 is 0. The lowest BCUT2D eigenvalue weighted by atomic mass is 10.0. The molecule has 0 aromatic heterocycles. The van der Waals surface area contributed by atoms with E-state index in [2.05, 4.69) is 15.5 Å². The van der Waals surface area contributed by atoms with Crippen LogP contribution in [0.5, 0.6) is 0 Å². The van der Waals surface area contributed by atoms with Crippen molar-refractivity contribution >= 4 is 29.7 Å². The van der Waals surface area contributed by atoms with E-state index in [1.54, 1.807) is 12.1 Å². The van der Waals surface area contributed by atoms with E-state index in [4.69, 9.17) is 0 Å². The number of nitrogens with one attached hydrogen (secondary N) is 2. The number of carbonyl (C=O) groups excluding carboxylic acids is 4. The first-order chi connectivity index (χ1) is 12.5. The van der Waals surface area contributed by atoms with Gasteiger partial charge in [-0.15, -0.1) is 0 Å². The molecule has 3 amide bonds. The second-order valence-electron chi connectivity index (χ2n) is 6.51. The zero-order valence-electron chi connectivity index (χ0n) is 14.7. The quantitative estimate of drug-likeness (QED) is 0.571. The molecule has 1 atom stereocenters. The van der Waals surface area contributed by atoms with Crippen LogP contribution in [0.25, 0.3) is 0 Å². The maximum absolute atomic E-state index is 12.8. The Kier molecular flexibility index (Phi) is 5.32. The van der Waals surface area contributed by atoms with Crippen LogP contribution in [-0.4, -0.2) is 68.2 Å². The van der Waals surface area contributed by atoms with Crippen LogP contribution in [-0.2, 0) is 9.59 Å². The summed E-state index contributed by atoms with van der Waals surface area (Å²) in [6.45, 7) is 3.41. The highest BCUT2D eigenvalue weighted by Gasteiger charge is 2.33. The van der Waals surface area contributed by atoms with Gasteiger partial charge >= 0.3 is 0 Å². The molecule has 2 heterocycles. The maximum Gasteiger partial charge on any atom is 0.255 e. The van der Waals surface area contributed by atoms with Gasteiger partial charge in [0, 0.05) is 50.9 Å². The van der Waals surface area contributed by atoms with E-state index in [9.17, 15) is 19.2 Å². The summed E-state index contributed by atoms with van der Waals surface area (Å²) in [4.78, 5) is 51.1. The molecule has 8 heteroatoms. The van der Waals surface area contributed by atoms with Gasteiger partial charge in [-0.3, -0.25) is 24.5 Å². The smallest absolute Gasteiger partial charge is 0.255 e. The van der Waals surface area contributed by atoms with Crippen LogP contribution in [0.15, 0.2) is 18.2 Å². The third kappa shape index (κ3) is 3.60. The van der Waals surface area contributed by atoms with Crippen molar-refractivity contribution in [1.82, 2.24) is 15.5 Å². The predicted octanol–water partition coefficient (Wildman–Crippen LogP) is -0.214. The molecule has 26 heavy (non-hydrogen) atoms. The lowest BCUT2D eigenvalue weighted by Crippen LogP contribution is -2.53. The van der Waals surface area contributed by atoms with Crippen molar-refractivity contribution in [2.24, 2.45) is 0 Å². The first-order valence-electron chi connectivity index (χ1n) is 8.67. The molecule has 0 bridgehead atoms. The Morgan fingerprint density at radius 3 is 2.65 bits per heavy atom. The van der Waals surface area contributed by atoms with E-state index in [0.717, 1.165) is 31.9 Å². The molecule has 1 aromatic carbocycles. The Morgan fingerprint density at radius 2 is 2.00 bits per heavy atom. The van der Waals surface area contributed by atoms with Gasteiger partial charge in [0.25, 0.3) is 5.91 Å². The number of anilines is 1. The summed E-state index contributed by atoms with van der Waals surface area (Å²) in [5, 5.41) is 5.51. The fourth-order valence-electron chi connectivity index (χ4n) is 3.35. The Hall–Kier alpha value is -2.74. The van der Waals surface area contributed by atoms with Crippen molar-refractivity contribution in [2.75, 3.05) is 38.1 Å². The van der Waals surface area contributed by atoms with Crippen LogP contribution in [0, 0.1) is 0 Å². The third-order valence-corrected chi connectivity index (χ3v) is 4.87. The van der Waals surface area contributed by atoms with Crippen LogP contribution >= 0.6 is 0 Å². The van der Waals surface area contributed by atoms with Gasteiger partial charge in [0.2, 0.25) is 11.8 Å². The average Bonchev–Trinajstić information content (AvgIpc) is 2.67. The number of imide groups is 1. The molecule has 0 spiro atoms. The predicted molar refractivity (Wildman–Crippen MR) is 95.2 cm³/mol. The highest BCUT2D eigenvalue weighted by atomic mass is 16.2. The van der Waals surface area contributed by atoms with Gasteiger partial charge in [0.1, 0.15) is 6.04 Å². The van der Waals surface area contributed by atoms with Gasteiger partial charge in [-0.25, -0.2) is 0 Å². The number of likely N-dealkylation sites (N-methyl/N-ethyl adjacent to an activating group) is 1. The topological polar surface area (TPSA) is 98.8 Å². The molecule has 8 nitrogen and oxygen atoms in total. The van der Waals surface area contributed by atoms with Crippen molar-refractivity contribution in [3.05, 3.63) is 29.3 Å². The summed E-state index contributed by atoms with van der Waals surface area (Å²) in [7, 11) is 1.52. The molecule has 2 aliphatic rings. The van der Waals surface area contributed by atoms with Gasteiger partial charge in [-0.2, -0.15) is 0 Å². The first kappa shape index (κ1) is 18.1. The number of carbonyl (C=O) groups is 4. The second kappa shape index (κ2) is 7.65. The molecule has 2 saturated heterocycles.